The maximum Gasteiger partial charge on any atom is 0.261 e. The highest BCUT2D eigenvalue weighted by Gasteiger charge is 2.14. The third-order valence-corrected chi connectivity index (χ3v) is 3.96. The Morgan fingerprint density at radius 2 is 1.91 bits per heavy atom. The van der Waals surface area contributed by atoms with Crippen LogP contribution in [0.4, 0.5) is 5.69 Å². The molecule has 3 aromatic rings. The summed E-state index contributed by atoms with van der Waals surface area (Å²) < 4.78 is 0. The largest absolute Gasteiger partial charge is 0.360 e. The lowest BCUT2D eigenvalue weighted by atomic mass is 10.1. The highest BCUT2D eigenvalue weighted by molar-refractivity contribution is 6.31. The van der Waals surface area contributed by atoms with Gasteiger partial charge in [0, 0.05) is 27.8 Å². The van der Waals surface area contributed by atoms with Crippen molar-refractivity contribution in [2.45, 2.75) is 6.92 Å². The number of H-pyrrole nitrogens is 1. The van der Waals surface area contributed by atoms with Crippen LogP contribution < -0.4 is 10.7 Å². The number of carbonyl (C=O) groups is 1. The molecule has 0 unspecified atom stereocenters. The zero-order valence-electron chi connectivity index (χ0n) is 11.8. The highest BCUT2D eigenvalue weighted by atomic mass is 35.5. The number of benzene rings is 2. The molecular formula is C17H13ClN2O2. The van der Waals surface area contributed by atoms with Crippen molar-refractivity contribution in [1.82, 2.24) is 4.98 Å². The molecule has 0 saturated carbocycles. The number of pyridine rings is 1. The first-order chi connectivity index (χ1) is 10.6. The predicted octanol–water partition coefficient (Wildman–Crippen LogP) is 3.74. The van der Waals surface area contributed by atoms with E-state index in [9.17, 15) is 9.59 Å². The summed E-state index contributed by atoms with van der Waals surface area (Å²) in [5.41, 5.74) is 1.81. The summed E-state index contributed by atoms with van der Waals surface area (Å²) in [6.45, 7) is 1.81. The minimum Gasteiger partial charge on any atom is -0.360 e. The fourth-order valence-electron chi connectivity index (χ4n) is 2.27. The zero-order valence-corrected chi connectivity index (χ0v) is 12.6. The summed E-state index contributed by atoms with van der Waals surface area (Å²) in [7, 11) is 0. The molecule has 2 N–H and O–H groups in total. The lowest BCUT2D eigenvalue weighted by molar-refractivity contribution is 0.102. The fraction of sp³-hybridized carbons (Fsp3) is 0.0588. The van der Waals surface area contributed by atoms with Gasteiger partial charge >= 0.3 is 0 Å². The summed E-state index contributed by atoms with van der Waals surface area (Å²) >= 11 is 6.03. The number of amides is 1. The molecule has 0 fully saturated rings. The van der Waals surface area contributed by atoms with Crippen molar-refractivity contribution >= 4 is 34.1 Å². The quantitative estimate of drug-likeness (QED) is 0.757. The van der Waals surface area contributed by atoms with Crippen molar-refractivity contribution in [3.8, 4) is 0 Å². The summed E-state index contributed by atoms with van der Waals surface area (Å²) in [4.78, 5) is 27.7. The van der Waals surface area contributed by atoms with Crippen LogP contribution in [0.2, 0.25) is 5.02 Å². The first kappa shape index (κ1) is 14.4. The Labute approximate surface area is 131 Å². The molecule has 1 aromatic heterocycles. The maximum atomic E-state index is 12.4. The van der Waals surface area contributed by atoms with Gasteiger partial charge in [0.2, 0.25) is 5.43 Å². The molecule has 110 valence electrons. The Morgan fingerprint density at radius 3 is 2.73 bits per heavy atom. The molecule has 2 aromatic carbocycles. The lowest BCUT2D eigenvalue weighted by Crippen LogP contribution is -2.22. The van der Waals surface area contributed by atoms with E-state index < -0.39 is 5.91 Å². The number of carbonyl (C=O) groups excluding carboxylic acids is 1. The van der Waals surface area contributed by atoms with Crippen LogP contribution in [-0.4, -0.2) is 10.9 Å². The van der Waals surface area contributed by atoms with Crippen molar-refractivity contribution in [2.24, 2.45) is 0 Å². The van der Waals surface area contributed by atoms with Gasteiger partial charge < -0.3 is 10.3 Å². The second kappa shape index (κ2) is 5.66. The smallest absolute Gasteiger partial charge is 0.261 e. The van der Waals surface area contributed by atoms with Crippen LogP contribution in [0.15, 0.2) is 53.5 Å². The van der Waals surface area contributed by atoms with E-state index in [2.05, 4.69) is 10.3 Å². The molecule has 3 rings (SSSR count). The number of aromatic nitrogens is 1. The standard InChI is InChI=1S/C17H13ClN2O2/c1-10-13(18)6-4-8-14(10)20-17(22)12-9-19-15-7-3-2-5-11(15)16(12)21/h2-9H,1H3,(H,19,21)(H,20,22). The van der Waals surface area contributed by atoms with Crippen LogP contribution >= 0.6 is 11.6 Å². The summed E-state index contributed by atoms with van der Waals surface area (Å²) in [5, 5.41) is 3.77. The van der Waals surface area contributed by atoms with Crippen molar-refractivity contribution in [1.29, 1.82) is 0 Å². The highest BCUT2D eigenvalue weighted by Crippen LogP contribution is 2.23. The van der Waals surface area contributed by atoms with Gasteiger partial charge in [0.1, 0.15) is 5.56 Å². The van der Waals surface area contributed by atoms with Crippen LogP contribution in [0.1, 0.15) is 15.9 Å². The molecule has 1 heterocycles. The molecule has 5 heteroatoms. The molecule has 0 spiro atoms. The molecule has 0 atom stereocenters. The number of rotatable bonds is 2. The van der Waals surface area contributed by atoms with E-state index in [4.69, 9.17) is 11.6 Å². The van der Waals surface area contributed by atoms with E-state index in [0.29, 0.717) is 21.6 Å². The number of hydrogen-bond donors (Lipinski definition) is 2. The average Bonchev–Trinajstić information content (AvgIpc) is 2.52. The van der Waals surface area contributed by atoms with Crippen LogP contribution in [0.25, 0.3) is 10.9 Å². The van der Waals surface area contributed by atoms with E-state index in [0.717, 1.165) is 5.56 Å². The van der Waals surface area contributed by atoms with Gasteiger partial charge in [-0.1, -0.05) is 29.8 Å². The zero-order chi connectivity index (χ0) is 15.7. The van der Waals surface area contributed by atoms with Gasteiger partial charge in [0.25, 0.3) is 5.91 Å². The van der Waals surface area contributed by atoms with Crippen LogP contribution in [0.3, 0.4) is 0 Å². The number of nitrogens with one attached hydrogen (secondary N) is 2. The molecule has 0 aliphatic rings. The monoisotopic (exact) mass is 312 g/mol. The Balaban J connectivity index is 2.01. The van der Waals surface area contributed by atoms with E-state index in [1.807, 2.05) is 13.0 Å². The lowest BCUT2D eigenvalue weighted by Gasteiger charge is -2.09. The van der Waals surface area contributed by atoms with Gasteiger partial charge in [-0.3, -0.25) is 9.59 Å². The minimum absolute atomic E-state index is 0.0677. The molecule has 0 aliphatic heterocycles. The SMILES string of the molecule is Cc1c(Cl)cccc1NC(=O)c1c[nH]c2ccccc2c1=O. The number of hydrogen-bond acceptors (Lipinski definition) is 2. The van der Waals surface area contributed by atoms with E-state index in [1.54, 1.807) is 36.4 Å². The van der Waals surface area contributed by atoms with Crippen molar-refractivity contribution in [3.05, 3.63) is 75.0 Å². The number of fused-ring (bicyclic) bond motifs is 1. The number of anilines is 1. The van der Waals surface area contributed by atoms with Crippen LogP contribution in [-0.2, 0) is 0 Å². The van der Waals surface area contributed by atoms with Crippen molar-refractivity contribution in [3.63, 3.8) is 0 Å². The van der Waals surface area contributed by atoms with Gasteiger partial charge in [0.15, 0.2) is 0 Å². The molecule has 0 radical (unpaired) electrons. The van der Waals surface area contributed by atoms with E-state index in [-0.39, 0.29) is 11.0 Å². The minimum atomic E-state index is -0.461. The third-order valence-electron chi connectivity index (χ3n) is 3.55. The maximum absolute atomic E-state index is 12.4. The second-order valence-electron chi connectivity index (χ2n) is 4.94. The Bertz CT molecular complexity index is 931. The first-order valence-electron chi connectivity index (χ1n) is 6.75. The summed E-state index contributed by atoms with van der Waals surface area (Å²) in [6, 6.07) is 12.3. The molecule has 0 bridgehead atoms. The topological polar surface area (TPSA) is 62.0 Å². The number of aromatic amines is 1. The van der Waals surface area contributed by atoms with Crippen LogP contribution in [0, 0.1) is 6.92 Å². The van der Waals surface area contributed by atoms with Gasteiger partial charge in [-0.2, -0.15) is 0 Å². The number of halogens is 1. The molecule has 0 aliphatic carbocycles. The van der Waals surface area contributed by atoms with Gasteiger partial charge in [-0.05, 0) is 36.8 Å². The van der Waals surface area contributed by atoms with Gasteiger partial charge in [-0.15, -0.1) is 0 Å². The van der Waals surface area contributed by atoms with Crippen molar-refractivity contribution in [2.75, 3.05) is 5.32 Å². The van der Waals surface area contributed by atoms with E-state index in [1.165, 1.54) is 6.20 Å². The van der Waals surface area contributed by atoms with Crippen molar-refractivity contribution < 1.29 is 4.79 Å². The Hall–Kier alpha value is -2.59. The van der Waals surface area contributed by atoms with Crippen LogP contribution in [0.5, 0.6) is 0 Å². The Kier molecular flexibility index (Phi) is 3.69. The molecule has 0 saturated heterocycles. The fourth-order valence-corrected chi connectivity index (χ4v) is 2.44. The third kappa shape index (κ3) is 2.49. The molecule has 22 heavy (non-hydrogen) atoms. The Morgan fingerprint density at radius 1 is 1.14 bits per heavy atom. The normalized spacial score (nSPS) is 10.6. The molecular weight excluding hydrogens is 300 g/mol. The van der Waals surface area contributed by atoms with E-state index >= 15 is 0 Å². The molecule has 1 amide bonds. The second-order valence-corrected chi connectivity index (χ2v) is 5.35. The van der Waals surface area contributed by atoms with Gasteiger partial charge in [-0.25, -0.2) is 0 Å². The summed E-state index contributed by atoms with van der Waals surface area (Å²) in [6.07, 6.45) is 1.43. The predicted molar refractivity (Wildman–Crippen MR) is 88.7 cm³/mol. The van der Waals surface area contributed by atoms with Gasteiger partial charge in [0.05, 0.1) is 0 Å². The number of para-hydroxylation sites is 1. The first-order valence-corrected chi connectivity index (χ1v) is 7.12. The molecule has 4 nitrogen and oxygen atoms in total. The average molecular weight is 313 g/mol. The summed E-state index contributed by atoms with van der Waals surface area (Å²) in [5.74, 6) is -0.461.